The molecule has 1 amide bonds. The fourth-order valence-electron chi connectivity index (χ4n) is 3.87. The lowest BCUT2D eigenvalue weighted by Gasteiger charge is -2.19. The first kappa shape index (κ1) is 23.6. The smallest absolute Gasteiger partial charge is 0.256 e. The molecule has 3 N–H and O–H groups in total. The van der Waals surface area contributed by atoms with E-state index in [1.54, 1.807) is 12.4 Å². The zero-order chi connectivity index (χ0) is 24.5. The standard InChI is InChI=1S/C26H33N7O.H2/c1-16(2)29-24(34)21-13-28-25(31-19-8-7-17-14-33(6)15-18(17)11-19)32-23(21)30-20-9-10-27-22(12-20)26(3,4)5;/h7-13,16H,14-15H2,1-6H3,(H,29,34)(H2,27,28,30,31,32);1H. The van der Waals surface area contributed by atoms with Crippen molar-refractivity contribution in [1.82, 2.24) is 25.2 Å². The molecule has 0 radical (unpaired) electrons. The molecule has 1 aromatic carbocycles. The molecular formula is C26H35N7O. The molecule has 0 unspecified atom stereocenters. The Kier molecular flexibility index (Phi) is 6.52. The van der Waals surface area contributed by atoms with Crippen molar-refractivity contribution in [1.29, 1.82) is 0 Å². The van der Waals surface area contributed by atoms with E-state index in [4.69, 9.17) is 0 Å². The third-order valence-corrected chi connectivity index (χ3v) is 5.59. The molecule has 180 valence electrons. The van der Waals surface area contributed by atoms with Gasteiger partial charge in [0.2, 0.25) is 5.95 Å². The van der Waals surface area contributed by atoms with Crippen LogP contribution in [-0.4, -0.2) is 38.8 Å². The molecule has 1 aliphatic heterocycles. The van der Waals surface area contributed by atoms with Crippen molar-refractivity contribution in [2.45, 2.75) is 59.2 Å². The number of fused-ring (bicyclic) bond motifs is 1. The second-order valence-electron chi connectivity index (χ2n) is 10.2. The highest BCUT2D eigenvalue weighted by Gasteiger charge is 2.20. The van der Waals surface area contributed by atoms with Crippen molar-refractivity contribution >= 4 is 29.0 Å². The minimum Gasteiger partial charge on any atom is -0.350 e. The molecule has 8 heteroatoms. The lowest BCUT2D eigenvalue weighted by atomic mass is 9.91. The second-order valence-corrected chi connectivity index (χ2v) is 10.2. The molecule has 1 aliphatic rings. The van der Waals surface area contributed by atoms with E-state index in [1.165, 1.54) is 11.1 Å². The van der Waals surface area contributed by atoms with Gasteiger partial charge in [0.25, 0.3) is 5.91 Å². The molecular weight excluding hydrogens is 426 g/mol. The molecule has 0 atom stereocenters. The zero-order valence-corrected chi connectivity index (χ0v) is 20.7. The SMILES string of the molecule is CC(C)NC(=O)c1cnc(Nc2ccc3c(c2)CN(C)C3)nc1Nc1ccnc(C(C)(C)C)c1.[HH]. The summed E-state index contributed by atoms with van der Waals surface area (Å²) in [5, 5.41) is 9.53. The molecule has 0 aliphatic carbocycles. The van der Waals surface area contributed by atoms with E-state index in [2.05, 4.69) is 75.8 Å². The Morgan fingerprint density at radius 1 is 1.03 bits per heavy atom. The molecule has 4 rings (SSSR count). The Bertz CT molecular complexity index is 1210. The van der Waals surface area contributed by atoms with Gasteiger partial charge >= 0.3 is 0 Å². The number of pyridine rings is 1. The van der Waals surface area contributed by atoms with Gasteiger partial charge in [-0.1, -0.05) is 26.8 Å². The molecule has 2 aromatic heterocycles. The summed E-state index contributed by atoms with van der Waals surface area (Å²) in [6.45, 7) is 12.1. The van der Waals surface area contributed by atoms with Gasteiger partial charge < -0.3 is 16.0 Å². The lowest BCUT2D eigenvalue weighted by Crippen LogP contribution is -2.31. The van der Waals surface area contributed by atoms with E-state index in [0.29, 0.717) is 17.3 Å². The quantitative estimate of drug-likeness (QED) is 0.476. The number of nitrogens with one attached hydrogen (secondary N) is 3. The van der Waals surface area contributed by atoms with Crippen LogP contribution in [0.3, 0.4) is 0 Å². The van der Waals surface area contributed by atoms with Crippen LogP contribution >= 0.6 is 0 Å². The molecule has 0 bridgehead atoms. The predicted octanol–water partition coefficient (Wildman–Crippen LogP) is 4.99. The van der Waals surface area contributed by atoms with E-state index in [0.717, 1.165) is 30.2 Å². The van der Waals surface area contributed by atoms with Crippen molar-refractivity contribution in [3.63, 3.8) is 0 Å². The number of anilines is 4. The number of carbonyl (C=O) groups excluding carboxylic acids is 1. The number of hydrogen-bond donors (Lipinski definition) is 3. The Morgan fingerprint density at radius 3 is 2.50 bits per heavy atom. The maximum atomic E-state index is 12.9. The topological polar surface area (TPSA) is 95.1 Å². The third kappa shape index (κ3) is 5.51. The molecule has 3 aromatic rings. The molecule has 3 heterocycles. The predicted molar refractivity (Wildman–Crippen MR) is 138 cm³/mol. The van der Waals surface area contributed by atoms with Gasteiger partial charge in [0, 0.05) is 55.4 Å². The van der Waals surface area contributed by atoms with Crippen LogP contribution in [0.25, 0.3) is 0 Å². The van der Waals surface area contributed by atoms with Crippen LogP contribution in [0, 0.1) is 0 Å². The average Bonchev–Trinajstić information content (AvgIpc) is 3.12. The Balaban J connectivity index is 0.00000342. The number of amides is 1. The van der Waals surface area contributed by atoms with Crippen molar-refractivity contribution in [2.75, 3.05) is 17.7 Å². The largest absolute Gasteiger partial charge is 0.350 e. The number of benzene rings is 1. The van der Waals surface area contributed by atoms with Gasteiger partial charge in [-0.15, -0.1) is 0 Å². The first-order valence-electron chi connectivity index (χ1n) is 11.6. The fraction of sp³-hybridized carbons (Fsp3) is 0.385. The van der Waals surface area contributed by atoms with E-state index in [-0.39, 0.29) is 18.8 Å². The normalized spacial score (nSPS) is 13.6. The Morgan fingerprint density at radius 2 is 1.76 bits per heavy atom. The monoisotopic (exact) mass is 461 g/mol. The number of nitrogens with zero attached hydrogens (tertiary/aromatic N) is 4. The highest BCUT2D eigenvalue weighted by atomic mass is 16.1. The summed E-state index contributed by atoms with van der Waals surface area (Å²) in [5.41, 5.74) is 5.58. The van der Waals surface area contributed by atoms with Crippen molar-refractivity contribution in [2.24, 2.45) is 0 Å². The van der Waals surface area contributed by atoms with Gasteiger partial charge in [-0.05, 0) is 56.3 Å². The fourth-order valence-corrected chi connectivity index (χ4v) is 3.87. The number of aromatic nitrogens is 3. The van der Waals surface area contributed by atoms with Crippen LogP contribution in [0.4, 0.5) is 23.1 Å². The number of carbonyl (C=O) groups is 1. The first-order valence-corrected chi connectivity index (χ1v) is 11.6. The minimum absolute atomic E-state index is 0. The minimum atomic E-state index is -0.227. The molecule has 34 heavy (non-hydrogen) atoms. The lowest BCUT2D eigenvalue weighted by molar-refractivity contribution is 0.0943. The van der Waals surface area contributed by atoms with E-state index in [1.807, 2.05) is 32.0 Å². The number of hydrogen-bond acceptors (Lipinski definition) is 7. The highest BCUT2D eigenvalue weighted by Crippen LogP contribution is 2.28. The molecule has 0 saturated heterocycles. The van der Waals surface area contributed by atoms with E-state index >= 15 is 0 Å². The highest BCUT2D eigenvalue weighted by molar-refractivity contribution is 5.99. The van der Waals surface area contributed by atoms with Gasteiger partial charge in [-0.3, -0.25) is 14.7 Å². The van der Waals surface area contributed by atoms with E-state index < -0.39 is 0 Å². The van der Waals surface area contributed by atoms with Crippen molar-refractivity contribution < 1.29 is 6.22 Å². The summed E-state index contributed by atoms with van der Waals surface area (Å²) in [4.78, 5) is 28.7. The molecule has 0 spiro atoms. The maximum Gasteiger partial charge on any atom is 0.256 e. The maximum absolute atomic E-state index is 12.9. The zero-order valence-electron chi connectivity index (χ0n) is 20.7. The van der Waals surface area contributed by atoms with Crippen LogP contribution in [0.5, 0.6) is 0 Å². The van der Waals surface area contributed by atoms with Crippen LogP contribution < -0.4 is 16.0 Å². The summed E-state index contributed by atoms with van der Waals surface area (Å²) >= 11 is 0. The Labute approximate surface area is 202 Å². The first-order chi connectivity index (χ1) is 16.1. The van der Waals surface area contributed by atoms with Gasteiger partial charge in [0.05, 0.1) is 0 Å². The number of rotatable bonds is 6. The van der Waals surface area contributed by atoms with Crippen LogP contribution in [0.1, 0.15) is 63.2 Å². The third-order valence-electron chi connectivity index (χ3n) is 5.59. The van der Waals surface area contributed by atoms with Gasteiger partial charge in [0.1, 0.15) is 11.4 Å². The van der Waals surface area contributed by atoms with Crippen LogP contribution in [0.2, 0.25) is 0 Å². The summed E-state index contributed by atoms with van der Waals surface area (Å²) in [6, 6.07) is 10.1. The summed E-state index contributed by atoms with van der Waals surface area (Å²) in [7, 11) is 2.11. The van der Waals surface area contributed by atoms with Gasteiger partial charge in [0.15, 0.2) is 0 Å². The molecule has 8 nitrogen and oxygen atoms in total. The molecule has 0 fully saturated rings. The van der Waals surface area contributed by atoms with Crippen LogP contribution in [0.15, 0.2) is 42.7 Å². The van der Waals surface area contributed by atoms with Crippen molar-refractivity contribution in [3.05, 3.63) is 65.1 Å². The van der Waals surface area contributed by atoms with Gasteiger partial charge in [-0.25, -0.2) is 4.98 Å². The summed E-state index contributed by atoms with van der Waals surface area (Å²) < 4.78 is 0. The van der Waals surface area contributed by atoms with Crippen LogP contribution in [-0.2, 0) is 18.5 Å². The average molecular weight is 462 g/mol. The summed E-state index contributed by atoms with van der Waals surface area (Å²) in [5.74, 6) is 0.623. The van der Waals surface area contributed by atoms with Crippen molar-refractivity contribution in [3.8, 4) is 0 Å². The van der Waals surface area contributed by atoms with E-state index in [9.17, 15) is 4.79 Å². The Hall–Kier alpha value is -3.52. The second kappa shape index (κ2) is 9.38. The van der Waals surface area contributed by atoms with Gasteiger partial charge in [-0.2, -0.15) is 4.98 Å². The summed E-state index contributed by atoms with van der Waals surface area (Å²) in [6.07, 6.45) is 3.32. The molecule has 0 saturated carbocycles.